The van der Waals surface area contributed by atoms with Gasteiger partial charge >= 0.3 is 12.0 Å². The number of thioether (sulfide) groups is 1. The molecule has 1 atom stereocenters. The molecule has 1 aromatic heterocycles. The Labute approximate surface area is 309 Å². The number of nitrogens with zero attached hydrogens (tertiary/aromatic N) is 4. The average molecular weight is 720 g/mol. The summed E-state index contributed by atoms with van der Waals surface area (Å²) >= 11 is 1.87. The van der Waals surface area contributed by atoms with Crippen molar-refractivity contribution in [2.24, 2.45) is 0 Å². The highest BCUT2D eigenvalue weighted by Crippen LogP contribution is 2.15. The Kier molecular flexibility index (Phi) is 28.8. The first-order valence-corrected chi connectivity index (χ1v) is 21.2. The van der Waals surface area contributed by atoms with E-state index in [1.807, 2.05) is 11.8 Å². The molecule has 286 valence electrons. The average Bonchev–Trinajstić information content (AvgIpc) is 3.57. The van der Waals surface area contributed by atoms with Crippen LogP contribution in [-0.4, -0.2) is 94.0 Å². The Morgan fingerprint density at radius 3 is 2.12 bits per heavy atom. The van der Waals surface area contributed by atoms with E-state index in [4.69, 9.17) is 19.3 Å². The summed E-state index contributed by atoms with van der Waals surface area (Å²) in [6.07, 6.45) is 36.5. The fraction of sp³-hybridized carbons (Fsp3) is 0.800. The van der Waals surface area contributed by atoms with Crippen LogP contribution in [0.4, 0.5) is 0 Å². The summed E-state index contributed by atoms with van der Waals surface area (Å²) in [5, 5.41) is 8.74. The molecule has 1 unspecified atom stereocenters. The van der Waals surface area contributed by atoms with Crippen molar-refractivity contribution in [1.29, 1.82) is 0 Å². The lowest BCUT2D eigenvalue weighted by molar-refractivity contribution is -0.460. The molecule has 1 aromatic rings. The largest absolute Gasteiger partial charge is 0.481 e. The Morgan fingerprint density at radius 1 is 0.840 bits per heavy atom. The van der Waals surface area contributed by atoms with Crippen molar-refractivity contribution in [1.82, 2.24) is 14.9 Å². The van der Waals surface area contributed by atoms with Gasteiger partial charge in [0.15, 0.2) is 6.20 Å². The van der Waals surface area contributed by atoms with Crippen molar-refractivity contribution >= 4 is 23.9 Å². The summed E-state index contributed by atoms with van der Waals surface area (Å²) in [4.78, 5) is 21.4. The number of unbranched alkanes of at least 4 members (excludes halogenated alkanes) is 17. The minimum absolute atomic E-state index is 0.0700. The van der Waals surface area contributed by atoms with Crippen molar-refractivity contribution in [3.63, 3.8) is 0 Å². The molecule has 10 heteroatoms. The maximum atomic E-state index is 10.6. The molecule has 0 spiro atoms. The highest BCUT2D eigenvalue weighted by Gasteiger charge is 2.15. The molecule has 0 bridgehead atoms. The number of carboxylic acids is 1. The highest BCUT2D eigenvalue weighted by molar-refractivity contribution is 7.99. The second-order valence-electron chi connectivity index (χ2n) is 13.6. The highest BCUT2D eigenvalue weighted by atomic mass is 32.2. The number of rotatable bonds is 36. The molecule has 2 rings (SSSR count). The Hall–Kier alpha value is -2.17. The van der Waals surface area contributed by atoms with Crippen LogP contribution in [-0.2, 0) is 14.3 Å². The molecule has 0 radical (unpaired) electrons. The minimum atomic E-state index is -0.716. The van der Waals surface area contributed by atoms with Crippen LogP contribution in [0.5, 0.6) is 6.01 Å². The van der Waals surface area contributed by atoms with E-state index >= 15 is 0 Å². The number of aliphatic carboxylic acids is 1. The summed E-state index contributed by atoms with van der Waals surface area (Å²) in [7, 11) is 0. The Balaban J connectivity index is 1.42. The van der Waals surface area contributed by atoms with E-state index in [0.717, 1.165) is 83.1 Å². The van der Waals surface area contributed by atoms with E-state index in [2.05, 4.69) is 45.0 Å². The minimum Gasteiger partial charge on any atom is -0.481 e. The zero-order valence-corrected chi connectivity index (χ0v) is 32.3. The molecular weight excluding hydrogens is 649 g/mol. The van der Waals surface area contributed by atoms with Gasteiger partial charge in [-0.15, -0.1) is 0 Å². The third-order valence-electron chi connectivity index (χ3n) is 8.90. The number of hydrogen-bond donors (Lipinski definition) is 1. The smallest absolute Gasteiger partial charge is 0.316 e. The predicted octanol–water partition coefficient (Wildman–Crippen LogP) is 9.50. The van der Waals surface area contributed by atoms with Crippen LogP contribution in [0.3, 0.4) is 0 Å². The molecule has 0 aromatic carbocycles. The van der Waals surface area contributed by atoms with E-state index in [1.54, 1.807) is 18.5 Å². The molecular formula is C40H71N4O5S+. The number of ether oxygens (including phenoxy) is 3. The van der Waals surface area contributed by atoms with Gasteiger partial charge in [0.1, 0.15) is 12.3 Å². The molecule has 9 nitrogen and oxygen atoms in total. The molecule has 0 fully saturated rings. The third-order valence-corrected chi connectivity index (χ3v) is 10.1. The molecule has 0 saturated carbocycles. The van der Waals surface area contributed by atoms with E-state index in [9.17, 15) is 4.79 Å². The Morgan fingerprint density at radius 2 is 1.46 bits per heavy atom. The van der Waals surface area contributed by atoms with Gasteiger partial charge in [0.05, 0.1) is 12.8 Å². The summed E-state index contributed by atoms with van der Waals surface area (Å²) in [6, 6.07) is 2.21. The number of hydrogen-bond acceptors (Lipinski definition) is 8. The van der Waals surface area contributed by atoms with Gasteiger partial charge in [0, 0.05) is 57.4 Å². The molecule has 0 amide bonds. The Bertz CT molecular complexity index is 984. The van der Waals surface area contributed by atoms with Crippen molar-refractivity contribution in [2.45, 2.75) is 154 Å². The van der Waals surface area contributed by atoms with Crippen LogP contribution in [0.25, 0.3) is 0 Å². The van der Waals surface area contributed by atoms with Crippen molar-refractivity contribution in [2.75, 3.05) is 51.1 Å². The van der Waals surface area contributed by atoms with Gasteiger partial charge in [-0.25, -0.2) is 9.97 Å². The maximum absolute atomic E-state index is 10.6. The summed E-state index contributed by atoms with van der Waals surface area (Å²) in [5.41, 5.74) is 0. The van der Waals surface area contributed by atoms with Gasteiger partial charge in [-0.2, -0.15) is 16.3 Å². The summed E-state index contributed by atoms with van der Waals surface area (Å²) < 4.78 is 20.2. The van der Waals surface area contributed by atoms with Crippen LogP contribution in [0.1, 0.15) is 148 Å². The number of carboxylic acid groups (broad SMARTS) is 1. The topological polar surface area (TPSA) is 97.0 Å². The molecule has 2 heterocycles. The zero-order valence-electron chi connectivity index (χ0n) is 31.5. The van der Waals surface area contributed by atoms with Gasteiger partial charge < -0.3 is 24.2 Å². The first kappa shape index (κ1) is 44.0. The van der Waals surface area contributed by atoms with Crippen LogP contribution in [0.15, 0.2) is 30.9 Å². The van der Waals surface area contributed by atoms with E-state index in [1.165, 1.54) is 96.3 Å². The second-order valence-corrected chi connectivity index (χ2v) is 14.8. The number of carbonyl (C=O) groups is 1. The monoisotopic (exact) mass is 720 g/mol. The van der Waals surface area contributed by atoms with Gasteiger partial charge in [0.2, 0.25) is 6.67 Å². The first-order chi connectivity index (χ1) is 24.7. The second kappa shape index (κ2) is 32.7. The quantitative estimate of drug-likeness (QED) is 0.0537. The predicted molar refractivity (Wildman–Crippen MR) is 207 cm³/mol. The maximum Gasteiger partial charge on any atom is 0.316 e. The zero-order chi connectivity index (χ0) is 35.6. The van der Waals surface area contributed by atoms with Crippen LogP contribution >= 0.6 is 11.8 Å². The van der Waals surface area contributed by atoms with E-state index in [-0.39, 0.29) is 12.5 Å². The van der Waals surface area contributed by atoms with Crippen molar-refractivity contribution in [3.05, 3.63) is 30.9 Å². The van der Waals surface area contributed by atoms with Crippen LogP contribution in [0, 0.1) is 0 Å². The van der Waals surface area contributed by atoms with Crippen LogP contribution in [0.2, 0.25) is 0 Å². The fourth-order valence-corrected chi connectivity index (χ4v) is 6.87. The molecule has 0 aliphatic carbocycles. The lowest BCUT2D eigenvalue weighted by atomic mass is 10.0. The van der Waals surface area contributed by atoms with Gasteiger partial charge in [0.25, 0.3) is 0 Å². The van der Waals surface area contributed by atoms with Crippen molar-refractivity contribution < 1.29 is 28.7 Å². The van der Waals surface area contributed by atoms with Crippen LogP contribution < -0.4 is 4.74 Å². The van der Waals surface area contributed by atoms with E-state index < -0.39 is 5.97 Å². The first-order valence-electron chi connectivity index (χ1n) is 20.1. The van der Waals surface area contributed by atoms with Gasteiger partial charge in [-0.1, -0.05) is 103 Å². The normalized spacial score (nSPS) is 14.2. The van der Waals surface area contributed by atoms with E-state index in [0.29, 0.717) is 12.6 Å². The molecule has 0 saturated heterocycles. The van der Waals surface area contributed by atoms with Gasteiger partial charge in [-0.3, -0.25) is 4.79 Å². The molecule has 1 N–H and O–H groups in total. The summed E-state index contributed by atoms with van der Waals surface area (Å²) in [6.45, 7) is 6.98. The summed E-state index contributed by atoms with van der Waals surface area (Å²) in [5.74, 6) is 1.14. The molecule has 1 aliphatic heterocycles. The standard InChI is InChI=1S/C40H70N4O5S/c1-2-3-4-5-6-7-8-9-10-11-12-13-14-15-16-20-31-48-35-38(49-40-41-25-21-26-42-40)36-50-34-23-33-47-32-22-28-44-30-29-43(37-44)27-19-17-18-24-39(45)46/h21,25-27,29-30,38H,2-20,22-24,28,31-37H2,1H3/p+1. The lowest BCUT2D eigenvalue weighted by Crippen LogP contribution is -2.27. The lowest BCUT2D eigenvalue weighted by Gasteiger charge is -2.18. The molecule has 1 aliphatic rings. The third kappa shape index (κ3) is 26.6. The fourth-order valence-electron chi connectivity index (χ4n) is 5.95. The number of aromatic nitrogens is 2. The van der Waals surface area contributed by atoms with Gasteiger partial charge in [-0.05, 0) is 43.9 Å². The SMILES string of the molecule is CCCCCCCCCCCCCCCCCCOCC(CSCCCOCCCN1C=C[N+](=CCCCCC(=O)O)C1)Oc1ncccn1. The molecule has 50 heavy (non-hydrogen) atoms. The van der Waals surface area contributed by atoms with Crippen molar-refractivity contribution in [3.8, 4) is 6.01 Å².